The standard InChI is InChI=1S/C12H12N4OS3/c1-12(2,3)7-6-14-10(18-7)20-11-15-16-8(17)4-5-13-9(16)19-11/h4-6H,1-3H3. The fourth-order valence-electron chi connectivity index (χ4n) is 1.49. The second kappa shape index (κ2) is 4.94. The zero-order valence-electron chi connectivity index (χ0n) is 11.2. The van der Waals surface area contributed by atoms with Gasteiger partial charge in [0.2, 0.25) is 4.96 Å². The first-order valence-corrected chi connectivity index (χ1v) is 8.37. The van der Waals surface area contributed by atoms with Crippen LogP contribution in [0, 0.1) is 0 Å². The van der Waals surface area contributed by atoms with Gasteiger partial charge in [0.05, 0.1) is 0 Å². The van der Waals surface area contributed by atoms with Gasteiger partial charge in [-0.1, -0.05) is 32.1 Å². The van der Waals surface area contributed by atoms with Crippen molar-refractivity contribution in [1.82, 2.24) is 19.6 Å². The maximum atomic E-state index is 11.6. The van der Waals surface area contributed by atoms with Crippen LogP contribution in [0.3, 0.4) is 0 Å². The summed E-state index contributed by atoms with van der Waals surface area (Å²) in [6, 6.07) is 1.41. The molecule has 5 nitrogen and oxygen atoms in total. The van der Waals surface area contributed by atoms with E-state index in [0.717, 1.165) is 8.68 Å². The van der Waals surface area contributed by atoms with E-state index in [2.05, 4.69) is 35.8 Å². The third-order valence-corrected chi connectivity index (χ3v) is 6.02. The van der Waals surface area contributed by atoms with Crippen LogP contribution in [0.1, 0.15) is 25.6 Å². The van der Waals surface area contributed by atoms with Gasteiger partial charge in [-0.25, -0.2) is 9.97 Å². The molecule has 0 aliphatic carbocycles. The highest BCUT2D eigenvalue weighted by molar-refractivity contribution is 8.02. The monoisotopic (exact) mass is 324 g/mol. The minimum Gasteiger partial charge on any atom is -0.267 e. The number of fused-ring (bicyclic) bond motifs is 1. The van der Waals surface area contributed by atoms with Crippen molar-refractivity contribution in [2.75, 3.05) is 0 Å². The molecular formula is C12H12N4OS3. The molecule has 0 saturated heterocycles. The first-order chi connectivity index (χ1) is 9.43. The summed E-state index contributed by atoms with van der Waals surface area (Å²) in [6.45, 7) is 6.49. The average molecular weight is 324 g/mol. The van der Waals surface area contributed by atoms with Gasteiger partial charge < -0.3 is 0 Å². The van der Waals surface area contributed by atoms with Gasteiger partial charge in [-0.2, -0.15) is 4.52 Å². The second-order valence-corrected chi connectivity index (χ2v) is 8.67. The zero-order chi connectivity index (χ0) is 14.3. The molecule has 0 bridgehead atoms. The number of aromatic nitrogens is 4. The molecule has 0 fully saturated rings. The van der Waals surface area contributed by atoms with Crippen molar-refractivity contribution in [3.8, 4) is 0 Å². The fraction of sp³-hybridized carbons (Fsp3) is 0.333. The molecule has 20 heavy (non-hydrogen) atoms. The Morgan fingerprint density at radius 2 is 2.00 bits per heavy atom. The van der Waals surface area contributed by atoms with E-state index in [4.69, 9.17) is 0 Å². The minimum absolute atomic E-state index is 0.0998. The largest absolute Gasteiger partial charge is 0.275 e. The molecule has 0 aliphatic heterocycles. The maximum Gasteiger partial charge on any atom is 0.275 e. The Hall–Kier alpha value is -1.25. The number of hydrogen-bond donors (Lipinski definition) is 0. The van der Waals surface area contributed by atoms with Gasteiger partial charge in [0.1, 0.15) is 0 Å². The molecule has 0 N–H and O–H groups in total. The van der Waals surface area contributed by atoms with E-state index in [0.29, 0.717) is 4.96 Å². The van der Waals surface area contributed by atoms with Crippen LogP contribution in [0.25, 0.3) is 4.96 Å². The van der Waals surface area contributed by atoms with Crippen molar-refractivity contribution in [2.45, 2.75) is 34.9 Å². The lowest BCUT2D eigenvalue weighted by molar-refractivity contribution is 0.602. The Labute approximate surface area is 127 Å². The molecule has 0 radical (unpaired) electrons. The predicted octanol–water partition coefficient (Wildman–Crippen LogP) is 3.06. The molecule has 8 heteroatoms. The molecule has 0 atom stereocenters. The first-order valence-electron chi connectivity index (χ1n) is 5.92. The Bertz CT molecular complexity index is 812. The lowest BCUT2D eigenvalue weighted by Gasteiger charge is -2.14. The van der Waals surface area contributed by atoms with Gasteiger partial charge in [-0.05, 0) is 17.2 Å². The summed E-state index contributed by atoms with van der Waals surface area (Å²) >= 11 is 4.53. The molecule has 0 amide bonds. The van der Waals surface area contributed by atoms with Crippen LogP contribution in [-0.2, 0) is 5.41 Å². The summed E-state index contributed by atoms with van der Waals surface area (Å²) < 4.78 is 3.03. The van der Waals surface area contributed by atoms with E-state index < -0.39 is 0 Å². The van der Waals surface area contributed by atoms with Crippen LogP contribution in [0.2, 0.25) is 0 Å². The summed E-state index contributed by atoms with van der Waals surface area (Å²) in [7, 11) is 0. The molecule has 0 aromatic carbocycles. The maximum absolute atomic E-state index is 11.6. The summed E-state index contributed by atoms with van der Waals surface area (Å²) in [5.41, 5.74) is -0.0598. The van der Waals surface area contributed by atoms with E-state index in [1.54, 1.807) is 11.3 Å². The van der Waals surface area contributed by atoms with Crippen LogP contribution in [-0.4, -0.2) is 19.6 Å². The molecule has 0 aliphatic rings. The normalized spacial score (nSPS) is 12.2. The quantitative estimate of drug-likeness (QED) is 0.725. The molecule has 0 saturated carbocycles. The van der Waals surface area contributed by atoms with Crippen molar-refractivity contribution in [3.63, 3.8) is 0 Å². The summed E-state index contributed by atoms with van der Waals surface area (Å²) in [6.07, 6.45) is 3.41. The highest BCUT2D eigenvalue weighted by Crippen LogP contribution is 2.36. The van der Waals surface area contributed by atoms with E-state index >= 15 is 0 Å². The van der Waals surface area contributed by atoms with Crippen molar-refractivity contribution < 1.29 is 0 Å². The number of hydrogen-bond acceptors (Lipinski definition) is 7. The smallest absolute Gasteiger partial charge is 0.267 e. The van der Waals surface area contributed by atoms with E-state index in [1.807, 2.05) is 6.20 Å². The van der Waals surface area contributed by atoms with Gasteiger partial charge in [0.25, 0.3) is 5.56 Å². The number of nitrogens with zero attached hydrogens (tertiary/aromatic N) is 4. The number of thiazole rings is 1. The molecule has 3 heterocycles. The minimum atomic E-state index is -0.160. The van der Waals surface area contributed by atoms with Crippen molar-refractivity contribution in [2.24, 2.45) is 0 Å². The van der Waals surface area contributed by atoms with Gasteiger partial charge in [-0.15, -0.1) is 16.4 Å². The first kappa shape index (κ1) is 13.7. The van der Waals surface area contributed by atoms with E-state index in [9.17, 15) is 4.79 Å². The Balaban J connectivity index is 1.91. The Kier molecular flexibility index (Phi) is 3.39. The zero-order valence-corrected chi connectivity index (χ0v) is 13.6. The molecule has 3 rings (SSSR count). The highest BCUT2D eigenvalue weighted by atomic mass is 32.2. The molecule has 3 aromatic rings. The lowest BCUT2D eigenvalue weighted by Crippen LogP contribution is -2.12. The average Bonchev–Trinajstić information content (AvgIpc) is 2.96. The van der Waals surface area contributed by atoms with Gasteiger partial charge in [0, 0.05) is 23.3 Å². The molecule has 3 aromatic heterocycles. The number of rotatable bonds is 2. The Morgan fingerprint density at radius 3 is 2.65 bits per heavy atom. The molecule has 0 spiro atoms. The third kappa shape index (κ3) is 2.63. The molecule has 104 valence electrons. The SMILES string of the molecule is CC(C)(C)c1cnc(Sc2nn3c(=O)ccnc3s2)s1. The topological polar surface area (TPSA) is 60.2 Å². The lowest BCUT2D eigenvalue weighted by atomic mass is 9.96. The molecule has 0 unspecified atom stereocenters. The molecular weight excluding hydrogens is 312 g/mol. The summed E-state index contributed by atoms with van der Waals surface area (Å²) in [5.74, 6) is 0. The highest BCUT2D eigenvalue weighted by Gasteiger charge is 2.18. The summed E-state index contributed by atoms with van der Waals surface area (Å²) in [4.78, 5) is 22.0. The van der Waals surface area contributed by atoms with Crippen molar-refractivity contribution in [1.29, 1.82) is 0 Å². The predicted molar refractivity (Wildman–Crippen MR) is 82.1 cm³/mol. The van der Waals surface area contributed by atoms with Crippen LogP contribution in [0.5, 0.6) is 0 Å². The van der Waals surface area contributed by atoms with E-state index in [-0.39, 0.29) is 11.0 Å². The van der Waals surface area contributed by atoms with Crippen LogP contribution < -0.4 is 5.56 Å². The second-order valence-electron chi connectivity index (χ2n) is 5.19. The van der Waals surface area contributed by atoms with Crippen LogP contribution in [0.15, 0.2) is 31.9 Å². The van der Waals surface area contributed by atoms with Crippen molar-refractivity contribution >= 4 is 39.4 Å². The van der Waals surface area contributed by atoms with Crippen molar-refractivity contribution in [3.05, 3.63) is 33.7 Å². The van der Waals surface area contributed by atoms with Gasteiger partial charge in [-0.3, -0.25) is 4.79 Å². The third-order valence-electron chi connectivity index (χ3n) is 2.55. The Morgan fingerprint density at radius 1 is 1.20 bits per heavy atom. The van der Waals surface area contributed by atoms with E-state index in [1.165, 1.54) is 44.8 Å². The fourth-order valence-corrected chi connectivity index (χ4v) is 4.64. The van der Waals surface area contributed by atoms with Crippen LogP contribution in [0.4, 0.5) is 0 Å². The van der Waals surface area contributed by atoms with Gasteiger partial charge >= 0.3 is 0 Å². The van der Waals surface area contributed by atoms with Gasteiger partial charge in [0.15, 0.2) is 8.68 Å². The van der Waals surface area contributed by atoms with Crippen LogP contribution >= 0.6 is 34.4 Å². The summed E-state index contributed by atoms with van der Waals surface area (Å²) in [5, 5.41) is 4.27.